The molecule has 3 rings (SSSR count). The number of aromatic nitrogens is 2. The van der Waals surface area contributed by atoms with Crippen LogP contribution in [0.2, 0.25) is 0 Å². The second-order valence-electron chi connectivity index (χ2n) is 5.95. The van der Waals surface area contributed by atoms with Crippen LogP contribution >= 0.6 is 11.3 Å². The number of fused-ring (bicyclic) bond motifs is 1. The summed E-state index contributed by atoms with van der Waals surface area (Å²) in [5.74, 6) is -0.332. The summed E-state index contributed by atoms with van der Waals surface area (Å²) in [5, 5.41) is 11.5. The van der Waals surface area contributed by atoms with E-state index in [0.29, 0.717) is 16.3 Å². The Morgan fingerprint density at radius 1 is 1.38 bits per heavy atom. The van der Waals surface area contributed by atoms with E-state index in [1.54, 1.807) is 20.2 Å². The molecule has 0 radical (unpaired) electrons. The summed E-state index contributed by atoms with van der Waals surface area (Å²) in [5.41, 5.74) is 1.74. The van der Waals surface area contributed by atoms with Crippen LogP contribution in [0.1, 0.15) is 29.4 Å². The molecule has 1 unspecified atom stereocenters. The highest BCUT2D eigenvalue weighted by molar-refractivity contribution is 7.18. The lowest BCUT2D eigenvalue weighted by Crippen LogP contribution is -2.32. The Hall–Kier alpha value is -2.87. The van der Waals surface area contributed by atoms with E-state index in [-0.39, 0.29) is 18.4 Å². The molecule has 0 saturated heterocycles. The lowest BCUT2D eigenvalue weighted by atomic mass is 10.1. The first-order valence-electron chi connectivity index (χ1n) is 8.12. The van der Waals surface area contributed by atoms with Crippen LogP contribution < -0.4 is 10.1 Å². The Balaban J connectivity index is 1.73. The van der Waals surface area contributed by atoms with Gasteiger partial charge >= 0.3 is 5.97 Å². The number of carbonyl (C=O) groups excluding carboxylic acids is 1. The number of nitrogens with one attached hydrogen (secondary N) is 1. The summed E-state index contributed by atoms with van der Waals surface area (Å²) in [6.45, 7) is 1.79. The van der Waals surface area contributed by atoms with Crippen LogP contribution in [0.25, 0.3) is 16.2 Å². The van der Waals surface area contributed by atoms with E-state index in [1.807, 2.05) is 34.9 Å². The molecule has 136 valence electrons. The Morgan fingerprint density at radius 2 is 2.19 bits per heavy atom. The van der Waals surface area contributed by atoms with Gasteiger partial charge in [-0.25, -0.2) is 4.98 Å². The number of methoxy groups -OCH3 is 1. The van der Waals surface area contributed by atoms with Crippen LogP contribution in [0.4, 0.5) is 0 Å². The van der Waals surface area contributed by atoms with Crippen molar-refractivity contribution in [3.63, 3.8) is 0 Å². The van der Waals surface area contributed by atoms with Gasteiger partial charge in [-0.2, -0.15) is 0 Å². The maximum Gasteiger partial charge on any atom is 0.303 e. The monoisotopic (exact) mass is 373 g/mol. The smallest absolute Gasteiger partial charge is 0.303 e. The fourth-order valence-electron chi connectivity index (χ4n) is 2.53. The van der Waals surface area contributed by atoms with E-state index >= 15 is 0 Å². The van der Waals surface area contributed by atoms with Crippen LogP contribution in [-0.4, -0.2) is 39.5 Å². The molecule has 1 aromatic carbocycles. The number of carboxylic acids is 1. The fraction of sp³-hybridized carbons (Fsp3) is 0.278. The zero-order valence-corrected chi connectivity index (χ0v) is 15.2. The number of hydrogen-bond acceptors (Lipinski definition) is 5. The van der Waals surface area contributed by atoms with Crippen molar-refractivity contribution in [2.45, 2.75) is 25.8 Å². The van der Waals surface area contributed by atoms with Crippen molar-refractivity contribution in [1.29, 1.82) is 0 Å². The normalized spacial score (nSPS) is 12.1. The molecule has 2 N–H and O–H groups in total. The number of rotatable bonds is 7. The molecule has 7 nitrogen and oxygen atoms in total. The summed E-state index contributed by atoms with van der Waals surface area (Å²) in [6.07, 6.45) is 4.02. The van der Waals surface area contributed by atoms with Crippen LogP contribution in [0, 0.1) is 0 Å². The molecule has 8 heteroatoms. The van der Waals surface area contributed by atoms with Crippen LogP contribution in [0.3, 0.4) is 0 Å². The van der Waals surface area contributed by atoms with Crippen LogP contribution in [-0.2, 0) is 4.79 Å². The summed E-state index contributed by atoms with van der Waals surface area (Å²) >= 11 is 1.29. The van der Waals surface area contributed by atoms with Crippen LogP contribution in [0.15, 0.2) is 36.7 Å². The van der Waals surface area contributed by atoms with E-state index < -0.39 is 5.97 Å². The molecule has 0 spiro atoms. The number of ether oxygens (including phenoxy) is 1. The van der Waals surface area contributed by atoms with Crippen molar-refractivity contribution in [3.8, 4) is 17.0 Å². The number of imidazole rings is 1. The molecular formula is C18H19N3O4S. The minimum absolute atomic E-state index is 0.0269. The van der Waals surface area contributed by atoms with E-state index in [0.717, 1.165) is 17.0 Å². The average molecular weight is 373 g/mol. The predicted octanol–water partition coefficient (Wildman–Crippen LogP) is 3.05. The highest BCUT2D eigenvalue weighted by Gasteiger charge is 2.16. The topological polar surface area (TPSA) is 92.9 Å². The Kier molecular flexibility index (Phi) is 5.22. The SMILES string of the molecule is COc1cccc(-c2cn3cc(C(=O)NC(C)CCC(=O)O)sc3n2)c1. The van der Waals surface area contributed by atoms with Crippen molar-refractivity contribution in [1.82, 2.24) is 14.7 Å². The molecule has 0 aliphatic heterocycles. The zero-order valence-electron chi connectivity index (χ0n) is 14.4. The van der Waals surface area contributed by atoms with Gasteiger partial charge in [-0.1, -0.05) is 23.5 Å². The minimum Gasteiger partial charge on any atom is -0.497 e. The van der Waals surface area contributed by atoms with Gasteiger partial charge in [-0.3, -0.25) is 14.0 Å². The average Bonchev–Trinajstić information content (AvgIpc) is 3.19. The number of nitrogens with zero attached hydrogens (tertiary/aromatic N) is 2. The summed E-state index contributed by atoms with van der Waals surface area (Å²) in [7, 11) is 1.62. The molecule has 3 aromatic rings. The molecule has 2 aromatic heterocycles. The molecule has 0 bridgehead atoms. The standard InChI is InChI=1S/C18H19N3O4S/c1-11(6-7-16(22)23)19-17(24)15-10-21-9-14(20-18(21)26-15)12-4-3-5-13(8-12)25-2/h3-5,8-11H,6-7H2,1-2H3,(H,19,24)(H,22,23). The third-order valence-electron chi connectivity index (χ3n) is 3.91. The van der Waals surface area contributed by atoms with Gasteiger partial charge in [0.25, 0.3) is 5.91 Å². The van der Waals surface area contributed by atoms with Gasteiger partial charge in [-0.05, 0) is 25.5 Å². The molecule has 0 aliphatic rings. The molecule has 26 heavy (non-hydrogen) atoms. The lowest BCUT2D eigenvalue weighted by Gasteiger charge is -2.11. The van der Waals surface area contributed by atoms with E-state index in [2.05, 4.69) is 10.3 Å². The molecule has 0 aliphatic carbocycles. The van der Waals surface area contributed by atoms with Gasteiger partial charge in [0.15, 0.2) is 4.96 Å². The van der Waals surface area contributed by atoms with E-state index in [4.69, 9.17) is 9.84 Å². The second kappa shape index (κ2) is 7.57. The van der Waals surface area contributed by atoms with Crippen molar-refractivity contribution >= 4 is 28.2 Å². The molecule has 2 heterocycles. The van der Waals surface area contributed by atoms with Gasteiger partial charge in [-0.15, -0.1) is 0 Å². The van der Waals surface area contributed by atoms with Gasteiger partial charge in [0.1, 0.15) is 10.6 Å². The Morgan fingerprint density at radius 3 is 2.88 bits per heavy atom. The maximum atomic E-state index is 12.3. The minimum atomic E-state index is -0.870. The first-order chi connectivity index (χ1) is 12.5. The largest absolute Gasteiger partial charge is 0.497 e. The Labute approximate surface area is 154 Å². The molecular weight excluding hydrogens is 354 g/mol. The molecule has 0 saturated carbocycles. The van der Waals surface area contributed by atoms with Gasteiger partial charge in [0.05, 0.1) is 12.8 Å². The lowest BCUT2D eigenvalue weighted by molar-refractivity contribution is -0.137. The molecule has 1 atom stereocenters. The number of benzene rings is 1. The first-order valence-corrected chi connectivity index (χ1v) is 8.93. The second-order valence-corrected chi connectivity index (χ2v) is 6.96. The molecule has 1 amide bonds. The third-order valence-corrected chi connectivity index (χ3v) is 4.91. The van der Waals surface area contributed by atoms with E-state index in [1.165, 1.54) is 11.3 Å². The number of hydrogen-bond donors (Lipinski definition) is 2. The van der Waals surface area contributed by atoms with Crippen molar-refractivity contribution in [3.05, 3.63) is 41.5 Å². The first kappa shape index (κ1) is 17.9. The number of amides is 1. The maximum absolute atomic E-state index is 12.3. The number of thiazole rings is 1. The van der Waals surface area contributed by atoms with Gasteiger partial charge < -0.3 is 15.2 Å². The summed E-state index contributed by atoms with van der Waals surface area (Å²) in [6, 6.07) is 7.42. The summed E-state index contributed by atoms with van der Waals surface area (Å²) in [4.78, 5) is 28.7. The zero-order chi connectivity index (χ0) is 18.7. The quantitative estimate of drug-likeness (QED) is 0.664. The van der Waals surface area contributed by atoms with Gasteiger partial charge in [0.2, 0.25) is 0 Å². The van der Waals surface area contributed by atoms with Crippen LogP contribution in [0.5, 0.6) is 5.75 Å². The third kappa shape index (κ3) is 4.02. The van der Waals surface area contributed by atoms with Gasteiger partial charge in [0, 0.05) is 30.4 Å². The molecule has 0 fully saturated rings. The van der Waals surface area contributed by atoms with E-state index in [9.17, 15) is 9.59 Å². The van der Waals surface area contributed by atoms with Crippen molar-refractivity contribution in [2.24, 2.45) is 0 Å². The highest BCUT2D eigenvalue weighted by Crippen LogP contribution is 2.26. The number of carbonyl (C=O) groups is 2. The fourth-order valence-corrected chi connectivity index (χ4v) is 3.40. The number of carboxylic acid groups (broad SMARTS) is 1. The van der Waals surface area contributed by atoms with Crippen molar-refractivity contribution in [2.75, 3.05) is 7.11 Å². The predicted molar refractivity (Wildman–Crippen MR) is 98.9 cm³/mol. The summed E-state index contributed by atoms with van der Waals surface area (Å²) < 4.78 is 7.05. The highest BCUT2D eigenvalue weighted by atomic mass is 32.1. The number of aliphatic carboxylic acids is 1. The Bertz CT molecular complexity index is 915. The van der Waals surface area contributed by atoms with Crippen molar-refractivity contribution < 1.29 is 19.4 Å².